The van der Waals surface area contributed by atoms with E-state index in [1.807, 2.05) is 0 Å². The number of nitrogens with one attached hydrogen (secondary N) is 1. The van der Waals surface area contributed by atoms with Crippen LogP contribution in [0.15, 0.2) is 30.3 Å². The molecule has 1 atom stereocenters. The minimum atomic E-state index is -0.732. The molecule has 0 aliphatic heterocycles. The van der Waals surface area contributed by atoms with Gasteiger partial charge in [0, 0.05) is 18.4 Å². The zero-order valence-electron chi connectivity index (χ0n) is 13.8. The fraction of sp³-hybridized carbons (Fsp3) is 0.316. The Labute approximate surface area is 140 Å². The summed E-state index contributed by atoms with van der Waals surface area (Å²) >= 11 is 0. The van der Waals surface area contributed by atoms with Crippen molar-refractivity contribution in [3.8, 4) is 11.5 Å². The smallest absolute Gasteiger partial charge is 0.141 e. The highest BCUT2D eigenvalue weighted by Gasteiger charge is 2.26. The summed E-state index contributed by atoms with van der Waals surface area (Å²) in [5, 5.41) is 29.6. The molecule has 0 aliphatic rings. The Hall–Kier alpha value is -2.69. The number of ketones is 2. The van der Waals surface area contributed by atoms with Crippen molar-refractivity contribution in [2.45, 2.75) is 33.1 Å². The molecule has 0 amide bonds. The lowest BCUT2D eigenvalue weighted by molar-refractivity contribution is -0.121. The molecule has 3 N–H and O–H groups in total. The lowest BCUT2D eigenvalue weighted by atomic mass is 9.85. The van der Waals surface area contributed by atoms with Crippen LogP contribution in [0.25, 0.3) is 10.8 Å². The predicted molar refractivity (Wildman–Crippen MR) is 92.8 cm³/mol. The van der Waals surface area contributed by atoms with Gasteiger partial charge >= 0.3 is 0 Å². The van der Waals surface area contributed by atoms with Crippen LogP contribution >= 0.6 is 0 Å². The van der Waals surface area contributed by atoms with E-state index in [0.717, 1.165) is 0 Å². The number of aromatic hydroxyl groups is 2. The molecule has 2 aromatic carbocycles. The van der Waals surface area contributed by atoms with E-state index >= 15 is 0 Å². The molecule has 2 rings (SSSR count). The second-order valence-electron chi connectivity index (χ2n) is 5.89. The average Bonchev–Trinajstić information content (AvgIpc) is 2.54. The fourth-order valence-electron chi connectivity index (χ4n) is 2.82. The number of phenols is 2. The Kier molecular flexibility index (Phi) is 5.34. The standard InChI is InChI=1S/C19H21NO4/c1-3-16(23)15(7-4-11(2)21)19(20)18-14-8-6-13(22)10-12(14)5-9-17(18)24/h5-6,8-10,15,20,22,24H,3-4,7H2,1-2H3. The number of benzene rings is 2. The third-order valence-corrected chi connectivity index (χ3v) is 4.12. The fourth-order valence-corrected chi connectivity index (χ4v) is 2.82. The van der Waals surface area contributed by atoms with E-state index < -0.39 is 5.92 Å². The number of phenolic OH excluding ortho intramolecular Hbond substituents is 2. The molecule has 0 fully saturated rings. The van der Waals surface area contributed by atoms with Crippen LogP contribution in [0, 0.1) is 11.3 Å². The van der Waals surface area contributed by atoms with Crippen molar-refractivity contribution in [1.82, 2.24) is 0 Å². The maximum atomic E-state index is 12.3. The first kappa shape index (κ1) is 17.7. The summed E-state index contributed by atoms with van der Waals surface area (Å²) in [6.07, 6.45) is 0.733. The topological polar surface area (TPSA) is 98.5 Å². The molecule has 0 aliphatic carbocycles. The average molecular weight is 327 g/mol. The minimum Gasteiger partial charge on any atom is -0.508 e. The van der Waals surface area contributed by atoms with Gasteiger partial charge in [-0.3, -0.25) is 4.79 Å². The molecule has 0 bridgehead atoms. The summed E-state index contributed by atoms with van der Waals surface area (Å²) in [7, 11) is 0. The largest absolute Gasteiger partial charge is 0.508 e. The van der Waals surface area contributed by atoms with Gasteiger partial charge in [-0.15, -0.1) is 0 Å². The van der Waals surface area contributed by atoms with Crippen LogP contribution in [0.2, 0.25) is 0 Å². The number of Topliss-reactive ketones (excluding diaryl/α,β-unsaturated/α-hetero) is 2. The Morgan fingerprint density at radius 1 is 1.17 bits per heavy atom. The number of hydrogen-bond acceptors (Lipinski definition) is 5. The molecule has 0 heterocycles. The van der Waals surface area contributed by atoms with Crippen LogP contribution < -0.4 is 0 Å². The normalized spacial score (nSPS) is 12.1. The van der Waals surface area contributed by atoms with Gasteiger partial charge in [0.05, 0.1) is 11.6 Å². The molecule has 1 unspecified atom stereocenters. The second-order valence-corrected chi connectivity index (χ2v) is 5.89. The van der Waals surface area contributed by atoms with E-state index in [1.165, 1.54) is 25.1 Å². The summed E-state index contributed by atoms with van der Waals surface area (Å²) in [5.74, 6) is -0.900. The van der Waals surface area contributed by atoms with Crippen LogP contribution in [0.4, 0.5) is 0 Å². The Morgan fingerprint density at radius 2 is 1.88 bits per heavy atom. The Balaban J connectivity index is 2.52. The molecular formula is C19H21NO4. The van der Waals surface area contributed by atoms with E-state index in [4.69, 9.17) is 5.41 Å². The van der Waals surface area contributed by atoms with E-state index in [2.05, 4.69) is 0 Å². The molecule has 24 heavy (non-hydrogen) atoms. The van der Waals surface area contributed by atoms with Crippen molar-refractivity contribution in [3.05, 3.63) is 35.9 Å². The minimum absolute atomic E-state index is 0.0110. The second kappa shape index (κ2) is 7.25. The first-order valence-corrected chi connectivity index (χ1v) is 7.90. The van der Waals surface area contributed by atoms with Crippen LogP contribution in [-0.2, 0) is 9.59 Å². The Morgan fingerprint density at radius 3 is 2.50 bits per heavy atom. The number of hydrogen-bond donors (Lipinski definition) is 3. The highest BCUT2D eigenvalue weighted by atomic mass is 16.3. The molecule has 0 radical (unpaired) electrons. The SMILES string of the molecule is CCC(=O)C(CCC(C)=O)C(=N)c1c(O)ccc2cc(O)ccc12. The molecule has 2 aromatic rings. The van der Waals surface area contributed by atoms with Gasteiger partial charge in [-0.05, 0) is 48.4 Å². The molecule has 0 aromatic heterocycles. The van der Waals surface area contributed by atoms with Gasteiger partial charge in [0.2, 0.25) is 0 Å². The van der Waals surface area contributed by atoms with E-state index in [0.29, 0.717) is 10.8 Å². The molecule has 0 saturated carbocycles. The van der Waals surface area contributed by atoms with Crippen LogP contribution in [0.5, 0.6) is 11.5 Å². The van der Waals surface area contributed by atoms with E-state index in [9.17, 15) is 19.8 Å². The predicted octanol–water partition coefficient (Wildman–Crippen LogP) is 3.58. The number of carbonyl (C=O) groups is 2. The van der Waals surface area contributed by atoms with Gasteiger partial charge in [-0.25, -0.2) is 0 Å². The molecule has 0 spiro atoms. The lowest BCUT2D eigenvalue weighted by Gasteiger charge is -2.18. The van der Waals surface area contributed by atoms with Gasteiger partial charge in [0.1, 0.15) is 23.1 Å². The van der Waals surface area contributed by atoms with Gasteiger partial charge in [0.15, 0.2) is 0 Å². The van der Waals surface area contributed by atoms with Crippen LogP contribution in [0.3, 0.4) is 0 Å². The van der Waals surface area contributed by atoms with E-state index in [1.54, 1.807) is 19.1 Å². The number of carbonyl (C=O) groups excluding carboxylic acids is 2. The third-order valence-electron chi connectivity index (χ3n) is 4.12. The zero-order valence-corrected chi connectivity index (χ0v) is 13.8. The van der Waals surface area contributed by atoms with Crippen molar-refractivity contribution >= 4 is 28.1 Å². The zero-order chi connectivity index (χ0) is 17.9. The quantitative estimate of drug-likeness (QED) is 0.677. The maximum absolute atomic E-state index is 12.3. The van der Waals surface area contributed by atoms with Crippen molar-refractivity contribution < 1.29 is 19.8 Å². The summed E-state index contributed by atoms with van der Waals surface area (Å²) in [6, 6.07) is 7.73. The highest BCUT2D eigenvalue weighted by molar-refractivity contribution is 6.19. The van der Waals surface area contributed by atoms with Gasteiger partial charge < -0.3 is 20.4 Å². The van der Waals surface area contributed by atoms with Crippen molar-refractivity contribution in [3.63, 3.8) is 0 Å². The monoisotopic (exact) mass is 327 g/mol. The van der Waals surface area contributed by atoms with Crippen LogP contribution in [0.1, 0.15) is 38.7 Å². The summed E-state index contributed by atoms with van der Waals surface area (Å²) in [4.78, 5) is 23.5. The summed E-state index contributed by atoms with van der Waals surface area (Å²) < 4.78 is 0. The molecule has 0 saturated heterocycles. The third kappa shape index (κ3) is 3.62. The van der Waals surface area contributed by atoms with Crippen LogP contribution in [-0.4, -0.2) is 27.5 Å². The highest BCUT2D eigenvalue weighted by Crippen LogP contribution is 2.32. The summed E-state index contributed by atoms with van der Waals surface area (Å²) in [6.45, 7) is 3.17. The Bertz CT molecular complexity index is 810. The van der Waals surface area contributed by atoms with Gasteiger partial charge in [-0.1, -0.05) is 13.0 Å². The lowest BCUT2D eigenvalue weighted by Crippen LogP contribution is -2.25. The van der Waals surface area contributed by atoms with Gasteiger partial charge in [0.25, 0.3) is 0 Å². The molecule has 126 valence electrons. The van der Waals surface area contributed by atoms with Crippen molar-refractivity contribution in [1.29, 1.82) is 5.41 Å². The maximum Gasteiger partial charge on any atom is 0.141 e. The van der Waals surface area contributed by atoms with Crippen molar-refractivity contribution in [2.24, 2.45) is 5.92 Å². The van der Waals surface area contributed by atoms with Gasteiger partial charge in [-0.2, -0.15) is 0 Å². The van der Waals surface area contributed by atoms with Crippen molar-refractivity contribution in [2.75, 3.05) is 0 Å². The van der Waals surface area contributed by atoms with E-state index in [-0.39, 0.29) is 53.6 Å². The first-order chi connectivity index (χ1) is 11.3. The number of rotatable bonds is 7. The summed E-state index contributed by atoms with van der Waals surface area (Å²) in [5.41, 5.74) is 0.291. The molecule has 5 heteroatoms. The molecule has 5 nitrogen and oxygen atoms in total. The first-order valence-electron chi connectivity index (χ1n) is 7.90. The number of fused-ring (bicyclic) bond motifs is 1. The molecular weight excluding hydrogens is 306 g/mol.